The van der Waals surface area contributed by atoms with E-state index in [4.69, 9.17) is 30.6 Å². The molecule has 0 amide bonds. The summed E-state index contributed by atoms with van der Waals surface area (Å²) < 4.78 is 0. The third-order valence-electron chi connectivity index (χ3n) is 3.38. The molecule has 0 fully saturated rings. The number of aliphatic hydroxyl groups is 4. The van der Waals surface area contributed by atoms with Gasteiger partial charge in [-0.05, 0) is 20.4 Å². The number of nitrogens with one attached hydrogen (secondary N) is 1. The van der Waals surface area contributed by atoms with Crippen LogP contribution in [0.15, 0.2) is 24.8 Å². The van der Waals surface area contributed by atoms with Crippen molar-refractivity contribution in [2.45, 2.75) is 43.8 Å². The number of nitrogens with zero attached hydrogens (tertiary/aromatic N) is 2. The largest absolute Gasteiger partial charge is 0.479 e. The molecule has 7 N–H and O–H groups in total. The van der Waals surface area contributed by atoms with Gasteiger partial charge in [-0.2, -0.15) is 0 Å². The van der Waals surface area contributed by atoms with Gasteiger partial charge in [0.2, 0.25) is 0 Å². The number of rotatable bonds is 9. The van der Waals surface area contributed by atoms with Gasteiger partial charge in [-0.15, -0.1) is 0 Å². The summed E-state index contributed by atoms with van der Waals surface area (Å²) in [5.74, 6) is -3.68. The maximum Gasteiger partial charge on any atom is 0.335 e. The topological polar surface area (TPSA) is 193 Å². The average Bonchev–Trinajstić information content (AvgIpc) is 2.66. The van der Waals surface area contributed by atoms with E-state index in [0.717, 1.165) is 12.0 Å². The lowest BCUT2D eigenvalue weighted by atomic mass is 10.0. The highest BCUT2D eigenvalue weighted by Crippen LogP contribution is 2.05. The number of hydrogen-bond donors (Lipinski definition) is 7. The third-order valence-corrected chi connectivity index (χ3v) is 3.38. The fourth-order valence-electron chi connectivity index (χ4n) is 1.59. The summed E-state index contributed by atoms with van der Waals surface area (Å²) in [7, 11) is 1.96. The van der Waals surface area contributed by atoms with Gasteiger partial charge >= 0.3 is 11.9 Å². The van der Waals surface area contributed by atoms with E-state index in [-0.39, 0.29) is 0 Å². The summed E-state index contributed by atoms with van der Waals surface area (Å²) in [6.07, 6.45) is 1.03. The van der Waals surface area contributed by atoms with Crippen molar-refractivity contribution < 1.29 is 40.2 Å². The van der Waals surface area contributed by atoms with Crippen molar-refractivity contribution in [2.75, 3.05) is 7.05 Å². The van der Waals surface area contributed by atoms with Gasteiger partial charge in [0.05, 0.1) is 0 Å². The van der Waals surface area contributed by atoms with E-state index in [2.05, 4.69) is 28.3 Å². The molecular weight excluding hydrogens is 362 g/mol. The number of carboxylic acid groups (broad SMARTS) is 2. The van der Waals surface area contributed by atoms with Crippen LogP contribution < -0.4 is 5.32 Å². The summed E-state index contributed by atoms with van der Waals surface area (Å²) in [4.78, 5) is 28.0. The Morgan fingerprint density at radius 2 is 1.48 bits per heavy atom. The van der Waals surface area contributed by atoms with Gasteiger partial charge in [-0.25, -0.2) is 19.6 Å². The minimum atomic E-state index is -2.36. The van der Waals surface area contributed by atoms with Crippen molar-refractivity contribution in [1.82, 2.24) is 15.3 Å². The monoisotopic (exact) mass is 387 g/mol. The SMILES string of the molecule is CN[C@@H](C)C/C=C/c1cncnc1.O=C(O)C(O)C(O)C(O)C(O)C(=O)O. The first-order chi connectivity index (χ1) is 12.6. The van der Waals surface area contributed by atoms with Gasteiger partial charge in [-0.1, -0.05) is 12.2 Å². The molecular formula is C16H25N3O8. The van der Waals surface area contributed by atoms with E-state index in [9.17, 15) is 9.59 Å². The second kappa shape index (κ2) is 12.8. The van der Waals surface area contributed by atoms with Crippen LogP contribution in [0.2, 0.25) is 0 Å². The summed E-state index contributed by atoms with van der Waals surface area (Å²) in [6, 6.07) is 0.515. The molecule has 0 aliphatic carbocycles. The molecule has 1 aromatic rings. The van der Waals surface area contributed by atoms with Crippen LogP contribution in [0.5, 0.6) is 0 Å². The Kier molecular flexibility index (Phi) is 11.7. The molecule has 0 aliphatic rings. The van der Waals surface area contributed by atoms with Crippen LogP contribution in [0.4, 0.5) is 0 Å². The Labute approximate surface area is 155 Å². The summed E-state index contributed by atoms with van der Waals surface area (Å²) in [5.41, 5.74) is 1.05. The number of aliphatic hydroxyl groups excluding tert-OH is 4. The van der Waals surface area contributed by atoms with E-state index in [0.29, 0.717) is 6.04 Å². The molecule has 152 valence electrons. The highest BCUT2D eigenvalue weighted by molar-refractivity contribution is 5.75. The first-order valence-corrected chi connectivity index (χ1v) is 7.88. The Morgan fingerprint density at radius 3 is 1.85 bits per heavy atom. The highest BCUT2D eigenvalue weighted by Gasteiger charge is 2.37. The van der Waals surface area contributed by atoms with Crippen LogP contribution in [-0.4, -0.2) is 90.1 Å². The van der Waals surface area contributed by atoms with Crippen molar-refractivity contribution in [1.29, 1.82) is 0 Å². The Morgan fingerprint density at radius 1 is 1.04 bits per heavy atom. The van der Waals surface area contributed by atoms with Crippen molar-refractivity contribution in [3.63, 3.8) is 0 Å². The molecule has 1 aromatic heterocycles. The number of aliphatic carboxylic acids is 2. The zero-order valence-electron chi connectivity index (χ0n) is 14.9. The lowest BCUT2D eigenvalue weighted by molar-refractivity contribution is -0.172. The molecule has 1 heterocycles. The normalized spacial score (nSPS) is 16.5. The van der Waals surface area contributed by atoms with Gasteiger partial charge in [-0.3, -0.25) is 0 Å². The van der Waals surface area contributed by atoms with E-state index >= 15 is 0 Å². The second-order valence-electron chi connectivity index (χ2n) is 5.55. The predicted molar refractivity (Wildman–Crippen MR) is 93.5 cm³/mol. The second-order valence-corrected chi connectivity index (χ2v) is 5.55. The molecule has 0 spiro atoms. The third kappa shape index (κ3) is 9.72. The molecule has 4 unspecified atom stereocenters. The van der Waals surface area contributed by atoms with Crippen molar-refractivity contribution in [3.8, 4) is 0 Å². The van der Waals surface area contributed by atoms with Gasteiger partial charge in [0.15, 0.2) is 12.2 Å². The maximum absolute atomic E-state index is 10.1. The van der Waals surface area contributed by atoms with Crippen molar-refractivity contribution in [2.24, 2.45) is 0 Å². The predicted octanol–water partition coefficient (Wildman–Crippen LogP) is -1.91. The van der Waals surface area contributed by atoms with E-state index in [1.54, 1.807) is 12.4 Å². The zero-order chi connectivity index (χ0) is 21.0. The minimum Gasteiger partial charge on any atom is -0.479 e. The van der Waals surface area contributed by atoms with Crippen LogP contribution in [0.1, 0.15) is 18.9 Å². The maximum atomic E-state index is 10.1. The van der Waals surface area contributed by atoms with E-state index in [1.807, 2.05) is 13.1 Å². The Hall–Kier alpha value is -2.44. The lowest BCUT2D eigenvalue weighted by Crippen LogP contribution is -2.49. The fourth-order valence-corrected chi connectivity index (χ4v) is 1.59. The minimum absolute atomic E-state index is 0.515. The molecule has 27 heavy (non-hydrogen) atoms. The Balaban J connectivity index is 0.000000501. The van der Waals surface area contributed by atoms with Gasteiger partial charge in [0, 0.05) is 24.0 Å². The molecule has 11 nitrogen and oxygen atoms in total. The molecule has 0 bridgehead atoms. The molecule has 0 saturated heterocycles. The first-order valence-electron chi connectivity index (χ1n) is 7.88. The van der Waals surface area contributed by atoms with Crippen LogP contribution in [-0.2, 0) is 9.59 Å². The average molecular weight is 387 g/mol. The van der Waals surface area contributed by atoms with Crippen molar-refractivity contribution >= 4 is 18.0 Å². The summed E-state index contributed by atoms with van der Waals surface area (Å²) in [6.45, 7) is 2.14. The lowest BCUT2D eigenvalue weighted by Gasteiger charge is -2.21. The van der Waals surface area contributed by atoms with Crippen molar-refractivity contribution in [3.05, 3.63) is 30.4 Å². The van der Waals surface area contributed by atoms with Gasteiger partial charge in [0.25, 0.3) is 0 Å². The number of carbonyl (C=O) groups is 2. The van der Waals surface area contributed by atoms with E-state index in [1.165, 1.54) is 6.33 Å². The number of hydrogen-bond acceptors (Lipinski definition) is 9. The molecule has 0 aromatic carbocycles. The van der Waals surface area contributed by atoms with Gasteiger partial charge < -0.3 is 36.0 Å². The molecule has 11 heteroatoms. The smallest absolute Gasteiger partial charge is 0.335 e. The molecule has 0 saturated carbocycles. The zero-order valence-corrected chi connectivity index (χ0v) is 14.9. The fraction of sp³-hybridized carbons (Fsp3) is 0.500. The standard InChI is InChI=1S/C10H15N3.C6H10O8/c1-9(11-2)4-3-5-10-6-12-8-13-7-10;7-1(3(9)5(11)12)2(8)4(10)6(13)14/h3,5-9,11H,4H2,1-2H3;1-4,7-10H,(H,11,12)(H,13,14)/b5-3+;/t9-;/m0./s1. The summed E-state index contributed by atoms with van der Waals surface area (Å²) >= 11 is 0. The molecule has 0 aliphatic heterocycles. The Bertz CT molecular complexity index is 575. The quantitative estimate of drug-likeness (QED) is 0.250. The van der Waals surface area contributed by atoms with Crippen LogP contribution in [0, 0.1) is 0 Å². The molecule has 1 rings (SSSR count). The van der Waals surface area contributed by atoms with Crippen LogP contribution in [0.25, 0.3) is 6.08 Å². The van der Waals surface area contributed by atoms with Crippen LogP contribution >= 0.6 is 0 Å². The van der Waals surface area contributed by atoms with E-state index < -0.39 is 36.4 Å². The number of aromatic nitrogens is 2. The molecule has 0 radical (unpaired) electrons. The molecule has 5 atom stereocenters. The highest BCUT2D eigenvalue weighted by atomic mass is 16.4. The van der Waals surface area contributed by atoms with Crippen LogP contribution in [0.3, 0.4) is 0 Å². The number of carboxylic acids is 2. The summed E-state index contributed by atoms with van der Waals surface area (Å²) in [5, 5.41) is 54.6. The van der Waals surface area contributed by atoms with Gasteiger partial charge in [0.1, 0.15) is 18.5 Å². The first kappa shape index (κ1) is 24.6.